The van der Waals surface area contributed by atoms with Gasteiger partial charge in [-0.1, -0.05) is 23.8 Å². The number of amides is 2. The molecule has 3 rings (SSSR count). The average Bonchev–Trinajstić information content (AvgIpc) is 2.97. The average molecular weight is 352 g/mol. The first-order valence-corrected chi connectivity index (χ1v) is 8.79. The standard InChI is InChI=1S/C21H24N2O3/c1-14-4-8-19(9-5-14)26-13-20(24)22-17-11-21(25)23(12-17)18-7-6-15(2)16(3)10-18/h4-10,17H,11-13H2,1-3H3,(H,22,24)/t17-/m1/s1. The van der Waals surface area contributed by atoms with Crippen molar-refractivity contribution in [3.63, 3.8) is 0 Å². The van der Waals surface area contributed by atoms with E-state index in [1.807, 2.05) is 63.2 Å². The lowest BCUT2D eigenvalue weighted by Crippen LogP contribution is -2.39. The van der Waals surface area contributed by atoms with Crippen LogP contribution in [0.25, 0.3) is 0 Å². The van der Waals surface area contributed by atoms with Gasteiger partial charge in [0.1, 0.15) is 5.75 Å². The number of nitrogens with zero attached hydrogens (tertiary/aromatic N) is 1. The molecule has 0 spiro atoms. The Morgan fingerprint density at radius 2 is 1.85 bits per heavy atom. The van der Waals surface area contributed by atoms with Crippen molar-refractivity contribution in [2.24, 2.45) is 0 Å². The number of anilines is 1. The van der Waals surface area contributed by atoms with Gasteiger partial charge in [0.2, 0.25) is 5.91 Å². The van der Waals surface area contributed by atoms with E-state index >= 15 is 0 Å². The molecule has 1 aliphatic heterocycles. The van der Waals surface area contributed by atoms with Crippen LogP contribution in [-0.2, 0) is 9.59 Å². The smallest absolute Gasteiger partial charge is 0.258 e. The fraction of sp³-hybridized carbons (Fsp3) is 0.333. The van der Waals surface area contributed by atoms with E-state index in [9.17, 15) is 9.59 Å². The summed E-state index contributed by atoms with van der Waals surface area (Å²) in [7, 11) is 0. The van der Waals surface area contributed by atoms with Gasteiger partial charge < -0.3 is 15.0 Å². The highest BCUT2D eigenvalue weighted by Crippen LogP contribution is 2.24. The van der Waals surface area contributed by atoms with Crippen LogP contribution < -0.4 is 15.0 Å². The zero-order valence-electron chi connectivity index (χ0n) is 15.4. The van der Waals surface area contributed by atoms with E-state index in [1.165, 1.54) is 5.56 Å². The van der Waals surface area contributed by atoms with Crippen molar-refractivity contribution in [1.29, 1.82) is 0 Å². The van der Waals surface area contributed by atoms with Crippen LogP contribution in [0.1, 0.15) is 23.1 Å². The molecule has 1 fully saturated rings. The summed E-state index contributed by atoms with van der Waals surface area (Å²) in [4.78, 5) is 26.2. The molecule has 0 radical (unpaired) electrons. The van der Waals surface area contributed by atoms with Crippen molar-refractivity contribution in [3.8, 4) is 5.75 Å². The van der Waals surface area contributed by atoms with Crippen LogP contribution >= 0.6 is 0 Å². The van der Waals surface area contributed by atoms with E-state index in [-0.39, 0.29) is 24.5 Å². The molecule has 1 N–H and O–H groups in total. The van der Waals surface area contributed by atoms with Crippen molar-refractivity contribution in [2.75, 3.05) is 18.1 Å². The summed E-state index contributed by atoms with van der Waals surface area (Å²) < 4.78 is 5.49. The Kier molecular flexibility index (Phi) is 5.26. The Balaban J connectivity index is 1.54. The van der Waals surface area contributed by atoms with Gasteiger partial charge in [-0.05, 0) is 56.2 Å². The van der Waals surface area contributed by atoms with Gasteiger partial charge in [0.25, 0.3) is 5.91 Å². The molecule has 1 aliphatic rings. The van der Waals surface area contributed by atoms with Crippen molar-refractivity contribution in [3.05, 3.63) is 59.2 Å². The number of rotatable bonds is 5. The van der Waals surface area contributed by atoms with Crippen molar-refractivity contribution in [1.82, 2.24) is 5.32 Å². The lowest BCUT2D eigenvalue weighted by Gasteiger charge is -2.18. The van der Waals surface area contributed by atoms with Crippen molar-refractivity contribution in [2.45, 2.75) is 33.2 Å². The molecule has 0 saturated carbocycles. The zero-order valence-corrected chi connectivity index (χ0v) is 15.4. The highest BCUT2D eigenvalue weighted by molar-refractivity contribution is 5.97. The number of hydrogen-bond donors (Lipinski definition) is 1. The quantitative estimate of drug-likeness (QED) is 0.900. The van der Waals surface area contributed by atoms with Gasteiger partial charge in [-0.3, -0.25) is 9.59 Å². The Morgan fingerprint density at radius 1 is 1.12 bits per heavy atom. The second-order valence-corrected chi connectivity index (χ2v) is 6.84. The zero-order chi connectivity index (χ0) is 18.7. The summed E-state index contributed by atoms with van der Waals surface area (Å²) in [5.41, 5.74) is 4.36. The Bertz CT molecular complexity index is 815. The molecule has 5 heteroatoms. The minimum Gasteiger partial charge on any atom is -0.484 e. The lowest BCUT2D eigenvalue weighted by molar-refractivity contribution is -0.123. The van der Waals surface area contributed by atoms with Gasteiger partial charge in [-0.2, -0.15) is 0 Å². The van der Waals surface area contributed by atoms with E-state index in [0.29, 0.717) is 18.7 Å². The summed E-state index contributed by atoms with van der Waals surface area (Å²) in [6, 6.07) is 13.3. The van der Waals surface area contributed by atoms with Crippen molar-refractivity contribution < 1.29 is 14.3 Å². The number of nitrogens with one attached hydrogen (secondary N) is 1. The number of carbonyl (C=O) groups is 2. The summed E-state index contributed by atoms with van der Waals surface area (Å²) >= 11 is 0. The van der Waals surface area contributed by atoms with Crippen LogP contribution in [0.5, 0.6) is 5.75 Å². The molecule has 1 heterocycles. The monoisotopic (exact) mass is 352 g/mol. The second-order valence-electron chi connectivity index (χ2n) is 6.84. The van der Waals surface area contributed by atoms with Gasteiger partial charge in [-0.25, -0.2) is 0 Å². The second kappa shape index (κ2) is 7.60. The summed E-state index contributed by atoms with van der Waals surface area (Å²) in [6.45, 7) is 6.49. The van der Waals surface area contributed by atoms with E-state index in [2.05, 4.69) is 5.32 Å². The number of benzene rings is 2. The highest BCUT2D eigenvalue weighted by atomic mass is 16.5. The molecule has 2 amide bonds. The fourth-order valence-corrected chi connectivity index (χ4v) is 3.00. The molecule has 1 saturated heterocycles. The largest absolute Gasteiger partial charge is 0.484 e. The maximum absolute atomic E-state index is 12.3. The number of ether oxygens (including phenoxy) is 1. The van der Waals surface area contributed by atoms with Crippen LogP contribution in [0.3, 0.4) is 0 Å². The summed E-state index contributed by atoms with van der Waals surface area (Å²) in [5.74, 6) is 0.466. The molecule has 2 aromatic rings. The molecular formula is C21H24N2O3. The molecule has 26 heavy (non-hydrogen) atoms. The first kappa shape index (κ1) is 18.0. The minimum atomic E-state index is -0.217. The van der Waals surface area contributed by atoms with E-state index in [1.54, 1.807) is 4.90 Å². The SMILES string of the molecule is Cc1ccc(OCC(=O)N[C@@H]2CC(=O)N(c3ccc(C)c(C)c3)C2)cc1. The Hall–Kier alpha value is -2.82. The highest BCUT2D eigenvalue weighted by Gasteiger charge is 2.31. The van der Waals surface area contributed by atoms with Crippen LogP contribution in [0, 0.1) is 20.8 Å². The maximum Gasteiger partial charge on any atom is 0.258 e. The normalized spacial score (nSPS) is 16.7. The topological polar surface area (TPSA) is 58.6 Å². The van der Waals surface area contributed by atoms with E-state index in [0.717, 1.165) is 16.8 Å². The molecule has 0 unspecified atom stereocenters. The Morgan fingerprint density at radius 3 is 2.54 bits per heavy atom. The van der Waals surface area contributed by atoms with Gasteiger partial charge in [0.05, 0.1) is 6.04 Å². The number of hydrogen-bond acceptors (Lipinski definition) is 3. The number of carbonyl (C=O) groups excluding carboxylic acids is 2. The third-order valence-corrected chi connectivity index (χ3v) is 4.68. The predicted octanol–water partition coefficient (Wildman–Crippen LogP) is 2.91. The van der Waals surface area contributed by atoms with Gasteiger partial charge in [0, 0.05) is 18.7 Å². The molecule has 136 valence electrons. The van der Waals surface area contributed by atoms with Crippen molar-refractivity contribution >= 4 is 17.5 Å². The molecular weight excluding hydrogens is 328 g/mol. The molecule has 0 aliphatic carbocycles. The van der Waals surface area contributed by atoms with Gasteiger partial charge >= 0.3 is 0 Å². The van der Waals surface area contributed by atoms with Crippen LogP contribution in [0.15, 0.2) is 42.5 Å². The third-order valence-electron chi connectivity index (χ3n) is 4.68. The first-order chi connectivity index (χ1) is 12.4. The van der Waals surface area contributed by atoms with Crippen LogP contribution in [0.4, 0.5) is 5.69 Å². The van der Waals surface area contributed by atoms with Crippen LogP contribution in [-0.4, -0.2) is 31.0 Å². The van der Waals surface area contributed by atoms with Gasteiger partial charge in [0.15, 0.2) is 6.61 Å². The summed E-state index contributed by atoms with van der Waals surface area (Å²) in [5, 5.41) is 2.89. The Labute approximate surface area is 154 Å². The predicted molar refractivity (Wildman–Crippen MR) is 101 cm³/mol. The molecule has 0 aromatic heterocycles. The molecule has 0 bridgehead atoms. The van der Waals surface area contributed by atoms with E-state index in [4.69, 9.17) is 4.74 Å². The lowest BCUT2D eigenvalue weighted by atomic mass is 10.1. The third kappa shape index (κ3) is 4.23. The molecule has 1 atom stereocenters. The maximum atomic E-state index is 12.3. The summed E-state index contributed by atoms with van der Waals surface area (Å²) in [6.07, 6.45) is 0.309. The van der Waals surface area contributed by atoms with E-state index < -0.39 is 0 Å². The van der Waals surface area contributed by atoms with Crippen LogP contribution in [0.2, 0.25) is 0 Å². The van der Waals surface area contributed by atoms with Gasteiger partial charge in [-0.15, -0.1) is 0 Å². The molecule has 5 nitrogen and oxygen atoms in total. The first-order valence-electron chi connectivity index (χ1n) is 8.79. The fourth-order valence-electron chi connectivity index (χ4n) is 3.00. The molecule has 2 aromatic carbocycles. The minimum absolute atomic E-state index is 0.0259. The number of aryl methyl sites for hydroxylation is 3.